The van der Waals surface area contributed by atoms with Gasteiger partial charge in [0.05, 0.1) is 27.5 Å². The van der Waals surface area contributed by atoms with Crippen molar-refractivity contribution in [2.75, 3.05) is 0 Å². The van der Waals surface area contributed by atoms with Crippen molar-refractivity contribution < 1.29 is 9.59 Å². The molecule has 108 valence electrons. The third-order valence-corrected chi connectivity index (χ3v) is 5.57. The van der Waals surface area contributed by atoms with Crippen LogP contribution in [0.2, 0.25) is 0 Å². The molecule has 1 aliphatic carbocycles. The zero-order valence-electron chi connectivity index (χ0n) is 12.1. The number of hydrogen-bond donors (Lipinski definition) is 0. The summed E-state index contributed by atoms with van der Waals surface area (Å²) >= 11 is 3.60. The van der Waals surface area contributed by atoms with Crippen molar-refractivity contribution in [2.45, 2.75) is 25.6 Å². The number of alkyl halides is 1. The average molecular weight is 347 g/mol. The van der Waals surface area contributed by atoms with Crippen LogP contribution in [0.4, 0.5) is 0 Å². The molecule has 1 atom stereocenters. The van der Waals surface area contributed by atoms with E-state index in [4.69, 9.17) is 0 Å². The molecule has 5 heteroatoms. The summed E-state index contributed by atoms with van der Waals surface area (Å²) in [6.45, 7) is 5.34. The first kappa shape index (κ1) is 14.2. The smallest absolute Gasteiger partial charge is 0.232 e. The molecule has 3 rings (SSSR count). The number of aromatic nitrogens is 2. The number of aryl methyl sites for hydroxylation is 1. The number of fused-ring (bicyclic) bond motifs is 1. The van der Waals surface area contributed by atoms with Crippen molar-refractivity contribution in [1.82, 2.24) is 9.78 Å². The van der Waals surface area contributed by atoms with Crippen molar-refractivity contribution in [1.29, 1.82) is 0 Å². The van der Waals surface area contributed by atoms with E-state index in [1.54, 1.807) is 25.5 Å². The van der Waals surface area contributed by atoms with Crippen molar-refractivity contribution in [3.05, 3.63) is 47.3 Å². The lowest BCUT2D eigenvalue weighted by Crippen LogP contribution is -2.40. The molecule has 1 aromatic heterocycles. The summed E-state index contributed by atoms with van der Waals surface area (Å²) in [5.41, 5.74) is 1.87. The molecule has 0 aliphatic heterocycles. The number of Topliss-reactive ketones (excluding diaryl/α,β-unsaturated/α-hetero) is 2. The van der Waals surface area contributed by atoms with Crippen LogP contribution in [0.25, 0.3) is 5.69 Å². The van der Waals surface area contributed by atoms with Crippen LogP contribution in [0.3, 0.4) is 0 Å². The third kappa shape index (κ3) is 1.91. The highest BCUT2D eigenvalue weighted by Crippen LogP contribution is 2.48. The predicted molar refractivity (Wildman–Crippen MR) is 83.1 cm³/mol. The SMILES string of the molecule is Cc1nn(-c2ccccc2)c2c1C(=O)C(=O)C(C)(C)[C@@H]2Br. The second-order valence-corrected chi connectivity index (χ2v) is 6.75. The Balaban J connectivity index is 2.31. The molecule has 0 N–H and O–H groups in total. The summed E-state index contributed by atoms with van der Waals surface area (Å²) in [4.78, 5) is 24.5. The molecule has 2 aromatic rings. The largest absolute Gasteiger partial charge is 0.290 e. The molecular weight excluding hydrogens is 332 g/mol. The summed E-state index contributed by atoms with van der Waals surface area (Å²) < 4.78 is 1.76. The molecule has 0 saturated carbocycles. The minimum absolute atomic E-state index is 0.258. The Hall–Kier alpha value is -1.75. The van der Waals surface area contributed by atoms with E-state index in [2.05, 4.69) is 21.0 Å². The Morgan fingerprint density at radius 3 is 2.43 bits per heavy atom. The van der Waals surface area contributed by atoms with Gasteiger partial charge >= 0.3 is 0 Å². The number of rotatable bonds is 1. The van der Waals surface area contributed by atoms with Crippen LogP contribution in [-0.2, 0) is 4.79 Å². The van der Waals surface area contributed by atoms with Crippen LogP contribution in [0.5, 0.6) is 0 Å². The van der Waals surface area contributed by atoms with Gasteiger partial charge in [-0.3, -0.25) is 9.59 Å². The first-order chi connectivity index (χ1) is 9.85. The molecule has 0 saturated heterocycles. The van der Waals surface area contributed by atoms with Crippen molar-refractivity contribution in [3.63, 3.8) is 0 Å². The lowest BCUT2D eigenvalue weighted by molar-refractivity contribution is -0.123. The molecule has 1 heterocycles. The highest BCUT2D eigenvalue weighted by molar-refractivity contribution is 9.09. The maximum Gasteiger partial charge on any atom is 0.232 e. The number of halogens is 1. The Kier molecular flexibility index (Phi) is 3.13. The number of ketones is 2. The van der Waals surface area contributed by atoms with Crippen LogP contribution in [0.1, 0.15) is 40.4 Å². The monoisotopic (exact) mass is 346 g/mol. The fourth-order valence-corrected chi connectivity index (χ4v) is 3.32. The summed E-state index contributed by atoms with van der Waals surface area (Å²) in [6, 6.07) is 9.63. The molecule has 1 aliphatic rings. The molecule has 0 spiro atoms. The highest BCUT2D eigenvalue weighted by atomic mass is 79.9. The van der Waals surface area contributed by atoms with Gasteiger partial charge in [-0.05, 0) is 19.1 Å². The fourth-order valence-electron chi connectivity index (χ4n) is 2.69. The summed E-state index contributed by atoms with van der Waals surface area (Å²) in [5, 5.41) is 4.48. The van der Waals surface area contributed by atoms with Crippen LogP contribution >= 0.6 is 15.9 Å². The lowest BCUT2D eigenvalue weighted by Gasteiger charge is -2.33. The Morgan fingerprint density at radius 2 is 1.81 bits per heavy atom. The van der Waals surface area contributed by atoms with Crippen molar-refractivity contribution in [2.24, 2.45) is 5.41 Å². The van der Waals surface area contributed by atoms with Crippen molar-refractivity contribution >= 4 is 27.5 Å². The number of benzene rings is 1. The zero-order chi connectivity index (χ0) is 15.4. The fraction of sp³-hybridized carbons (Fsp3) is 0.312. The lowest BCUT2D eigenvalue weighted by atomic mass is 9.74. The van der Waals surface area contributed by atoms with E-state index in [1.165, 1.54) is 0 Å². The molecular formula is C16H15BrN2O2. The average Bonchev–Trinajstić information content (AvgIpc) is 2.82. The zero-order valence-corrected chi connectivity index (χ0v) is 13.6. The number of nitrogens with zero attached hydrogens (tertiary/aromatic N) is 2. The summed E-state index contributed by atoms with van der Waals surface area (Å²) in [6.07, 6.45) is 0. The van der Waals surface area contributed by atoms with Gasteiger partial charge in [0, 0.05) is 5.41 Å². The minimum atomic E-state index is -0.789. The van der Waals surface area contributed by atoms with E-state index in [0.29, 0.717) is 11.3 Å². The molecule has 0 fully saturated rings. The molecule has 0 amide bonds. The molecule has 4 nitrogen and oxygen atoms in total. The second-order valence-electron chi connectivity index (χ2n) is 5.84. The maximum atomic E-state index is 12.4. The number of hydrogen-bond acceptors (Lipinski definition) is 3. The van der Waals surface area contributed by atoms with Crippen LogP contribution in [0.15, 0.2) is 30.3 Å². The Morgan fingerprint density at radius 1 is 1.19 bits per heavy atom. The molecule has 0 unspecified atom stereocenters. The topological polar surface area (TPSA) is 52.0 Å². The van der Waals surface area contributed by atoms with Gasteiger partial charge in [-0.15, -0.1) is 0 Å². The van der Waals surface area contributed by atoms with Crippen LogP contribution < -0.4 is 0 Å². The first-order valence-electron chi connectivity index (χ1n) is 6.74. The number of carbonyl (C=O) groups is 2. The van der Waals surface area contributed by atoms with Gasteiger partial charge in [0.2, 0.25) is 11.6 Å². The standard InChI is InChI=1S/C16H15BrN2O2/c1-9-11-12(14(17)16(2,3)15(21)13(11)20)19(18-9)10-7-5-4-6-8-10/h4-8,14H,1-3H3/t14-/m1/s1. The van der Waals surface area contributed by atoms with E-state index in [1.807, 2.05) is 30.3 Å². The van der Waals surface area contributed by atoms with Gasteiger partial charge in [0.1, 0.15) is 0 Å². The van der Waals surface area contributed by atoms with E-state index < -0.39 is 11.2 Å². The van der Waals surface area contributed by atoms with E-state index in [0.717, 1.165) is 11.4 Å². The molecule has 0 radical (unpaired) electrons. The van der Waals surface area contributed by atoms with Crippen LogP contribution in [-0.4, -0.2) is 21.3 Å². The highest BCUT2D eigenvalue weighted by Gasteiger charge is 2.49. The first-order valence-corrected chi connectivity index (χ1v) is 7.65. The van der Waals surface area contributed by atoms with Gasteiger partial charge < -0.3 is 0 Å². The predicted octanol–water partition coefficient (Wildman–Crippen LogP) is 3.41. The van der Waals surface area contributed by atoms with E-state index in [-0.39, 0.29) is 10.6 Å². The summed E-state index contributed by atoms with van der Waals surface area (Å²) in [7, 11) is 0. The Labute approximate surface area is 131 Å². The van der Waals surface area contributed by atoms with Gasteiger partial charge in [0.25, 0.3) is 0 Å². The van der Waals surface area contributed by atoms with Gasteiger partial charge in [0.15, 0.2) is 0 Å². The van der Waals surface area contributed by atoms with E-state index in [9.17, 15) is 9.59 Å². The van der Waals surface area contributed by atoms with E-state index >= 15 is 0 Å². The normalized spacial score (nSPS) is 20.5. The number of para-hydroxylation sites is 1. The quantitative estimate of drug-likeness (QED) is 0.587. The minimum Gasteiger partial charge on any atom is -0.290 e. The van der Waals surface area contributed by atoms with Crippen LogP contribution in [0, 0.1) is 12.3 Å². The second kappa shape index (κ2) is 4.63. The maximum absolute atomic E-state index is 12.4. The summed E-state index contributed by atoms with van der Waals surface area (Å²) in [5.74, 6) is -0.807. The van der Waals surface area contributed by atoms with Gasteiger partial charge in [-0.2, -0.15) is 5.10 Å². The van der Waals surface area contributed by atoms with Gasteiger partial charge in [-0.25, -0.2) is 4.68 Å². The third-order valence-electron chi connectivity index (χ3n) is 3.99. The van der Waals surface area contributed by atoms with Gasteiger partial charge in [-0.1, -0.05) is 48.0 Å². The molecule has 0 bridgehead atoms. The Bertz CT molecular complexity index is 747. The molecule has 1 aromatic carbocycles. The van der Waals surface area contributed by atoms with Crippen molar-refractivity contribution in [3.8, 4) is 5.69 Å². The number of carbonyl (C=O) groups excluding carboxylic acids is 2. The molecule has 21 heavy (non-hydrogen) atoms.